The van der Waals surface area contributed by atoms with Gasteiger partial charge in [-0.3, -0.25) is 9.98 Å². The molecule has 2 saturated heterocycles. The molecule has 0 aromatic carbocycles. The van der Waals surface area contributed by atoms with Crippen LogP contribution in [-0.2, 0) is 15.7 Å². The van der Waals surface area contributed by atoms with Crippen molar-refractivity contribution in [2.24, 2.45) is 4.99 Å². The average molecular weight is 618 g/mol. The van der Waals surface area contributed by atoms with Crippen LogP contribution in [0.4, 0.5) is 35.2 Å². The Morgan fingerprint density at radius 2 is 2.12 bits per heavy atom. The molecule has 6 heterocycles. The van der Waals surface area contributed by atoms with Gasteiger partial charge in [-0.05, 0) is 38.8 Å². The summed E-state index contributed by atoms with van der Waals surface area (Å²) in [6, 6.07) is 5.09. The highest BCUT2D eigenvalue weighted by molar-refractivity contribution is 6.33. The van der Waals surface area contributed by atoms with Crippen LogP contribution in [-0.4, -0.2) is 71.6 Å². The fourth-order valence-corrected chi connectivity index (χ4v) is 5.67. The second-order valence-electron chi connectivity index (χ2n) is 10.8. The number of pyridine rings is 3. The van der Waals surface area contributed by atoms with Gasteiger partial charge >= 0.3 is 12.2 Å². The maximum Gasteiger partial charge on any atom is 0.417 e. The third-order valence-corrected chi connectivity index (χ3v) is 7.73. The van der Waals surface area contributed by atoms with Crippen molar-refractivity contribution in [3.63, 3.8) is 0 Å². The van der Waals surface area contributed by atoms with Gasteiger partial charge in [-0.2, -0.15) is 13.2 Å². The molecule has 1 N–H and O–H groups in total. The van der Waals surface area contributed by atoms with Crippen molar-refractivity contribution < 1.29 is 32.2 Å². The molecule has 0 radical (unpaired) electrons. The van der Waals surface area contributed by atoms with Gasteiger partial charge in [0.05, 0.1) is 35.1 Å². The molecule has 1 unspecified atom stereocenters. The summed E-state index contributed by atoms with van der Waals surface area (Å²) in [5.41, 5.74) is -1.00. The van der Waals surface area contributed by atoms with Crippen LogP contribution in [0.25, 0.3) is 11.3 Å². The first-order valence-electron chi connectivity index (χ1n) is 13.4. The third-order valence-electron chi connectivity index (χ3n) is 7.44. The lowest BCUT2D eigenvalue weighted by molar-refractivity contribution is -0.141. The minimum absolute atomic E-state index is 0.0411. The van der Waals surface area contributed by atoms with Crippen LogP contribution >= 0.6 is 11.6 Å². The number of hydrogen-bond donors (Lipinski definition) is 1. The number of amides is 2. The summed E-state index contributed by atoms with van der Waals surface area (Å²) in [4.78, 5) is 34.2. The van der Waals surface area contributed by atoms with Crippen LogP contribution in [0.3, 0.4) is 0 Å². The molecule has 0 saturated carbocycles. The predicted molar refractivity (Wildman–Crippen MR) is 153 cm³/mol. The van der Waals surface area contributed by atoms with Gasteiger partial charge in [0.15, 0.2) is 17.3 Å². The number of halogens is 4. The zero-order valence-electron chi connectivity index (χ0n) is 23.2. The lowest BCUT2D eigenvalue weighted by atomic mass is 10.1. The van der Waals surface area contributed by atoms with E-state index in [0.29, 0.717) is 37.5 Å². The van der Waals surface area contributed by atoms with Gasteiger partial charge in [-0.15, -0.1) is 0 Å². The fourth-order valence-electron chi connectivity index (χ4n) is 5.41. The van der Waals surface area contributed by atoms with Crippen LogP contribution in [0, 0.1) is 0 Å². The number of hydrogen-bond acceptors (Lipinski definition) is 9. The number of urea groups is 1. The molecule has 0 spiro atoms. The van der Waals surface area contributed by atoms with Crippen molar-refractivity contribution in [1.82, 2.24) is 15.0 Å². The molecular formula is C28H27ClF3N7O4. The quantitative estimate of drug-likeness (QED) is 0.366. The van der Waals surface area contributed by atoms with Crippen molar-refractivity contribution >= 4 is 41.5 Å². The number of nitrogens with zero attached hydrogens (tertiary/aromatic N) is 6. The molecule has 6 rings (SSSR count). The Balaban J connectivity index is 1.30. The predicted octanol–water partition coefficient (Wildman–Crippen LogP) is 5.40. The minimum Gasteiger partial charge on any atom is -0.475 e. The Bertz CT molecular complexity index is 1590. The van der Waals surface area contributed by atoms with Crippen LogP contribution in [0.5, 0.6) is 5.88 Å². The van der Waals surface area contributed by atoms with E-state index in [-0.39, 0.29) is 40.7 Å². The Labute approximate surface area is 249 Å². The number of alkyl halides is 3. The first-order chi connectivity index (χ1) is 20.4. The number of anilines is 3. The van der Waals surface area contributed by atoms with Crippen molar-refractivity contribution in [3.05, 3.63) is 53.4 Å². The largest absolute Gasteiger partial charge is 0.475 e. The number of fused-ring (bicyclic) bond motifs is 4. The molecule has 2 atom stereocenters. The van der Waals surface area contributed by atoms with Crippen molar-refractivity contribution in [3.8, 4) is 17.1 Å². The number of aromatic nitrogens is 3. The van der Waals surface area contributed by atoms with Gasteiger partial charge < -0.3 is 24.4 Å². The van der Waals surface area contributed by atoms with Crippen molar-refractivity contribution in [1.29, 1.82) is 0 Å². The van der Waals surface area contributed by atoms with E-state index in [9.17, 15) is 18.0 Å². The van der Waals surface area contributed by atoms with Crippen LogP contribution in [0.15, 0.2) is 47.8 Å². The van der Waals surface area contributed by atoms with Crippen LogP contribution in [0.2, 0.25) is 5.02 Å². The SMILES string of the molecule is C=NC12CCN(C1)c1cc(Cl)c(-c3cncc(C(F)(F)F)c3)nc1N2C(=O)Nc1ccnc(OC[C@@H]2COC(C)(C)O2)c1. The lowest BCUT2D eigenvalue weighted by Gasteiger charge is -2.42. The molecule has 15 heteroatoms. The zero-order chi connectivity index (χ0) is 30.6. The lowest BCUT2D eigenvalue weighted by Crippen LogP contribution is -2.57. The summed E-state index contributed by atoms with van der Waals surface area (Å²) < 4.78 is 57.3. The third kappa shape index (κ3) is 5.57. The second-order valence-corrected chi connectivity index (χ2v) is 11.3. The summed E-state index contributed by atoms with van der Waals surface area (Å²) in [6.45, 7) is 8.83. The molecule has 43 heavy (non-hydrogen) atoms. The van der Waals surface area contributed by atoms with Gasteiger partial charge in [0.1, 0.15) is 12.7 Å². The highest BCUT2D eigenvalue weighted by atomic mass is 35.5. The topological polar surface area (TPSA) is 114 Å². The molecule has 3 aromatic heterocycles. The summed E-state index contributed by atoms with van der Waals surface area (Å²) in [7, 11) is 0. The zero-order valence-corrected chi connectivity index (χ0v) is 23.9. The van der Waals surface area contributed by atoms with E-state index in [1.807, 2.05) is 18.7 Å². The summed E-state index contributed by atoms with van der Waals surface area (Å²) in [5, 5.41) is 2.96. The van der Waals surface area contributed by atoms with E-state index in [4.69, 9.17) is 25.8 Å². The number of rotatable bonds is 6. The van der Waals surface area contributed by atoms with Gasteiger partial charge in [-0.1, -0.05) is 11.6 Å². The molecule has 2 fully saturated rings. The minimum atomic E-state index is -4.61. The van der Waals surface area contributed by atoms with Gasteiger partial charge in [0, 0.05) is 48.9 Å². The Morgan fingerprint density at radius 3 is 2.84 bits per heavy atom. The van der Waals surface area contributed by atoms with E-state index in [0.717, 1.165) is 12.3 Å². The highest BCUT2D eigenvalue weighted by Crippen LogP contribution is 2.48. The van der Waals surface area contributed by atoms with Gasteiger partial charge in [-0.25, -0.2) is 19.7 Å². The molecular weight excluding hydrogens is 591 g/mol. The second kappa shape index (κ2) is 10.6. The molecule has 11 nitrogen and oxygen atoms in total. The monoisotopic (exact) mass is 617 g/mol. The van der Waals surface area contributed by atoms with E-state index in [2.05, 4.69) is 32.0 Å². The van der Waals surface area contributed by atoms with Crippen LogP contribution in [0.1, 0.15) is 25.8 Å². The van der Waals surface area contributed by atoms with Gasteiger partial charge in [0.25, 0.3) is 0 Å². The molecule has 2 bridgehead atoms. The van der Waals surface area contributed by atoms with E-state index < -0.39 is 29.2 Å². The Hall–Kier alpha value is -4.01. The summed E-state index contributed by atoms with van der Waals surface area (Å²) in [6.07, 6.45) is -0.993. The van der Waals surface area contributed by atoms with Gasteiger partial charge in [0.2, 0.25) is 5.88 Å². The number of nitrogens with one attached hydrogen (secondary N) is 1. The smallest absolute Gasteiger partial charge is 0.417 e. The molecule has 3 aromatic rings. The number of carbonyl (C=O) groups is 1. The fraction of sp³-hybridized carbons (Fsp3) is 0.393. The number of carbonyl (C=O) groups excluding carboxylic acids is 1. The van der Waals surface area contributed by atoms with E-state index >= 15 is 0 Å². The summed E-state index contributed by atoms with van der Waals surface area (Å²) >= 11 is 6.54. The average Bonchev–Trinajstić information content (AvgIpc) is 3.52. The maximum atomic E-state index is 13.9. The molecule has 226 valence electrons. The molecule has 3 aliphatic heterocycles. The van der Waals surface area contributed by atoms with E-state index in [1.165, 1.54) is 17.3 Å². The summed E-state index contributed by atoms with van der Waals surface area (Å²) in [5.74, 6) is -0.252. The van der Waals surface area contributed by atoms with Crippen molar-refractivity contribution in [2.45, 2.75) is 44.0 Å². The Kier molecular flexibility index (Phi) is 7.18. The first-order valence-corrected chi connectivity index (χ1v) is 13.7. The van der Waals surface area contributed by atoms with Crippen LogP contribution < -0.4 is 19.9 Å². The normalized spacial score (nSPS) is 22.3. The standard InChI is InChI=1S/C28H27ClF3N7O4/c1-26(2)42-14-19(43-26)13-41-22-9-18(4-6-35-22)36-25(40)39-24-21(38-7-5-27(39,15-38)33-3)10-20(29)23(37-24)16-8-17(12-34-11-16)28(30,31)32/h4,6,8-12,19H,3,5,7,13-15H2,1-2H3,(H,35,36,40)/t19-,27?/m1/s1. The van der Waals surface area contributed by atoms with Crippen molar-refractivity contribution in [2.75, 3.05) is 41.4 Å². The van der Waals surface area contributed by atoms with E-state index in [1.54, 1.807) is 18.2 Å². The first kappa shape index (κ1) is 29.1. The highest BCUT2D eigenvalue weighted by Gasteiger charge is 2.52. The molecule has 3 aliphatic rings. The number of aliphatic imine (C=N–C) groups is 1. The molecule has 2 amide bonds. The Morgan fingerprint density at radius 1 is 1.30 bits per heavy atom. The number of ether oxygens (including phenoxy) is 3. The molecule has 0 aliphatic carbocycles. The maximum absolute atomic E-state index is 13.9.